The molecular formula is C17H19ClF3N3O. The van der Waals surface area contributed by atoms with E-state index in [1.54, 1.807) is 24.3 Å². The molecule has 4 nitrogen and oxygen atoms in total. The zero-order valence-corrected chi connectivity index (χ0v) is 14.9. The van der Waals surface area contributed by atoms with Crippen molar-refractivity contribution in [3.63, 3.8) is 0 Å². The van der Waals surface area contributed by atoms with Gasteiger partial charge >= 0.3 is 6.18 Å². The number of alkyl halides is 4. The second-order valence-corrected chi connectivity index (χ2v) is 6.01. The SMILES string of the molecule is C/C(=C\Cc1nc(CCl)nn1-c1ccc(OC(C)C)cc1)C(F)(F)F. The van der Waals surface area contributed by atoms with Gasteiger partial charge in [-0.1, -0.05) is 6.08 Å². The van der Waals surface area contributed by atoms with E-state index in [2.05, 4.69) is 10.1 Å². The van der Waals surface area contributed by atoms with Crippen LogP contribution in [0.4, 0.5) is 13.2 Å². The highest BCUT2D eigenvalue weighted by molar-refractivity contribution is 6.16. The number of rotatable bonds is 6. The van der Waals surface area contributed by atoms with Crippen LogP contribution in [0.1, 0.15) is 32.4 Å². The normalized spacial score (nSPS) is 12.7. The Hall–Kier alpha value is -2.02. The van der Waals surface area contributed by atoms with Crippen molar-refractivity contribution in [2.24, 2.45) is 0 Å². The van der Waals surface area contributed by atoms with Gasteiger partial charge in [-0.2, -0.15) is 13.2 Å². The van der Waals surface area contributed by atoms with E-state index in [1.807, 2.05) is 13.8 Å². The molecule has 136 valence electrons. The minimum atomic E-state index is -4.35. The first-order chi connectivity index (χ1) is 11.7. The number of aromatic nitrogens is 3. The highest BCUT2D eigenvalue weighted by atomic mass is 35.5. The molecule has 0 saturated carbocycles. The minimum absolute atomic E-state index is 0.000518. The Kier molecular flexibility index (Phi) is 6.11. The van der Waals surface area contributed by atoms with Gasteiger partial charge in [0.15, 0.2) is 5.82 Å². The summed E-state index contributed by atoms with van der Waals surface area (Å²) in [6, 6.07) is 7.10. The van der Waals surface area contributed by atoms with Crippen LogP contribution in [-0.4, -0.2) is 27.0 Å². The molecular weight excluding hydrogens is 355 g/mol. The van der Waals surface area contributed by atoms with Gasteiger partial charge in [-0.3, -0.25) is 0 Å². The lowest BCUT2D eigenvalue weighted by Crippen LogP contribution is -2.10. The summed E-state index contributed by atoms with van der Waals surface area (Å²) in [6.07, 6.45) is -3.21. The number of hydrogen-bond donors (Lipinski definition) is 0. The topological polar surface area (TPSA) is 39.9 Å². The monoisotopic (exact) mass is 373 g/mol. The van der Waals surface area contributed by atoms with Gasteiger partial charge in [-0.15, -0.1) is 16.7 Å². The van der Waals surface area contributed by atoms with Gasteiger partial charge in [0.1, 0.15) is 11.6 Å². The molecule has 0 aliphatic rings. The first-order valence-electron chi connectivity index (χ1n) is 7.72. The fourth-order valence-corrected chi connectivity index (χ4v) is 2.20. The molecule has 8 heteroatoms. The number of ether oxygens (including phenoxy) is 1. The zero-order valence-electron chi connectivity index (χ0n) is 14.1. The van der Waals surface area contributed by atoms with E-state index >= 15 is 0 Å². The van der Waals surface area contributed by atoms with E-state index in [9.17, 15) is 13.2 Å². The molecule has 0 aliphatic carbocycles. The maximum atomic E-state index is 12.6. The molecule has 1 aromatic carbocycles. The van der Waals surface area contributed by atoms with Crippen LogP contribution in [0.5, 0.6) is 5.75 Å². The van der Waals surface area contributed by atoms with Gasteiger partial charge in [-0.05, 0) is 45.0 Å². The Morgan fingerprint density at radius 2 is 1.92 bits per heavy atom. The van der Waals surface area contributed by atoms with E-state index in [4.69, 9.17) is 16.3 Å². The summed E-state index contributed by atoms with van der Waals surface area (Å²) in [6.45, 7) is 4.87. The summed E-state index contributed by atoms with van der Waals surface area (Å²) < 4.78 is 45.0. The third kappa shape index (κ3) is 5.22. The highest BCUT2D eigenvalue weighted by Gasteiger charge is 2.29. The van der Waals surface area contributed by atoms with Gasteiger partial charge < -0.3 is 4.74 Å². The molecule has 0 bridgehead atoms. The Morgan fingerprint density at radius 1 is 1.28 bits per heavy atom. The molecule has 1 heterocycles. The van der Waals surface area contributed by atoms with Crippen LogP contribution >= 0.6 is 11.6 Å². The molecule has 0 atom stereocenters. The first kappa shape index (κ1) is 19.3. The summed E-state index contributed by atoms with van der Waals surface area (Å²) in [5.74, 6) is 1.52. The lowest BCUT2D eigenvalue weighted by atomic mass is 10.2. The first-order valence-corrected chi connectivity index (χ1v) is 8.26. The van der Waals surface area contributed by atoms with E-state index in [0.717, 1.165) is 13.0 Å². The van der Waals surface area contributed by atoms with E-state index in [0.29, 0.717) is 23.1 Å². The average Bonchev–Trinajstić information content (AvgIpc) is 2.95. The van der Waals surface area contributed by atoms with Crippen LogP contribution < -0.4 is 4.74 Å². The molecule has 0 aliphatic heterocycles. The largest absolute Gasteiger partial charge is 0.491 e. The molecule has 0 spiro atoms. The summed E-state index contributed by atoms with van der Waals surface area (Å²) in [5, 5.41) is 4.25. The van der Waals surface area contributed by atoms with Crippen LogP contribution in [0, 0.1) is 0 Å². The average molecular weight is 374 g/mol. The summed E-state index contributed by atoms with van der Waals surface area (Å²) in [7, 11) is 0. The molecule has 2 rings (SSSR count). The van der Waals surface area contributed by atoms with Gasteiger partial charge in [0.2, 0.25) is 0 Å². The van der Waals surface area contributed by atoms with Crippen molar-refractivity contribution in [3.8, 4) is 11.4 Å². The molecule has 0 amide bonds. The van der Waals surface area contributed by atoms with E-state index < -0.39 is 11.7 Å². The maximum Gasteiger partial charge on any atom is 0.412 e. The molecule has 0 unspecified atom stereocenters. The quantitative estimate of drug-likeness (QED) is 0.537. The smallest absolute Gasteiger partial charge is 0.412 e. The number of hydrogen-bond acceptors (Lipinski definition) is 3. The molecule has 0 radical (unpaired) electrons. The van der Waals surface area contributed by atoms with Crippen LogP contribution in [0.2, 0.25) is 0 Å². The maximum absolute atomic E-state index is 12.6. The lowest BCUT2D eigenvalue weighted by Gasteiger charge is -2.11. The van der Waals surface area contributed by atoms with Gasteiger partial charge in [0, 0.05) is 12.0 Å². The minimum Gasteiger partial charge on any atom is -0.491 e. The second-order valence-electron chi connectivity index (χ2n) is 5.74. The molecule has 25 heavy (non-hydrogen) atoms. The zero-order chi connectivity index (χ0) is 18.6. The molecule has 0 N–H and O–H groups in total. The van der Waals surface area contributed by atoms with E-state index in [-0.39, 0.29) is 18.4 Å². The predicted molar refractivity (Wildman–Crippen MR) is 90.2 cm³/mol. The Bertz CT molecular complexity index is 737. The van der Waals surface area contributed by atoms with Crippen molar-refractivity contribution < 1.29 is 17.9 Å². The highest BCUT2D eigenvalue weighted by Crippen LogP contribution is 2.25. The Labute approximate surface area is 149 Å². The van der Waals surface area contributed by atoms with Crippen molar-refractivity contribution in [1.29, 1.82) is 0 Å². The third-order valence-electron chi connectivity index (χ3n) is 3.33. The van der Waals surface area contributed by atoms with E-state index in [1.165, 1.54) is 4.68 Å². The van der Waals surface area contributed by atoms with Gasteiger partial charge in [0.05, 0.1) is 17.7 Å². The van der Waals surface area contributed by atoms with Gasteiger partial charge in [0.25, 0.3) is 0 Å². The third-order valence-corrected chi connectivity index (χ3v) is 3.57. The van der Waals surface area contributed by atoms with Crippen molar-refractivity contribution >= 4 is 11.6 Å². The van der Waals surface area contributed by atoms with Crippen LogP contribution in [-0.2, 0) is 12.3 Å². The van der Waals surface area contributed by atoms with Gasteiger partial charge in [-0.25, -0.2) is 9.67 Å². The summed E-state index contributed by atoms with van der Waals surface area (Å²) in [5.41, 5.74) is 0.00295. The fraction of sp³-hybridized carbons (Fsp3) is 0.412. The van der Waals surface area contributed by atoms with Crippen molar-refractivity contribution in [3.05, 3.63) is 47.6 Å². The van der Waals surface area contributed by atoms with Crippen molar-refractivity contribution in [2.75, 3.05) is 0 Å². The summed E-state index contributed by atoms with van der Waals surface area (Å²) in [4.78, 5) is 4.21. The lowest BCUT2D eigenvalue weighted by molar-refractivity contribution is -0.0915. The number of halogens is 4. The number of benzene rings is 1. The molecule has 2 aromatic rings. The van der Waals surface area contributed by atoms with Crippen molar-refractivity contribution in [2.45, 2.75) is 45.4 Å². The molecule has 0 saturated heterocycles. The number of nitrogens with zero attached hydrogens (tertiary/aromatic N) is 3. The van der Waals surface area contributed by atoms with Crippen LogP contribution in [0.15, 0.2) is 35.9 Å². The summed E-state index contributed by atoms with van der Waals surface area (Å²) >= 11 is 5.76. The number of allylic oxidation sites excluding steroid dienone is 2. The fourth-order valence-electron chi connectivity index (χ4n) is 2.09. The van der Waals surface area contributed by atoms with Crippen LogP contribution in [0.3, 0.4) is 0 Å². The second kappa shape index (κ2) is 7.91. The molecule has 0 fully saturated rings. The van der Waals surface area contributed by atoms with Crippen molar-refractivity contribution in [1.82, 2.24) is 14.8 Å². The Morgan fingerprint density at radius 3 is 2.44 bits per heavy atom. The van der Waals surface area contributed by atoms with Crippen LogP contribution in [0.25, 0.3) is 5.69 Å². The standard InChI is InChI=1S/C17H19ClF3N3O/c1-11(2)25-14-7-5-13(6-8-14)24-16(22-15(10-18)23-24)9-4-12(3)17(19,20)21/h4-8,11H,9-10H2,1-3H3/b12-4+. The molecule has 1 aromatic heterocycles. The Balaban J connectivity index is 2.30. The predicted octanol–water partition coefficient (Wildman–Crippen LogP) is 4.84.